The van der Waals surface area contributed by atoms with Gasteiger partial charge in [-0.05, 0) is 25.8 Å². The number of aryl methyl sites for hydroxylation is 1. The average molecular weight is 248 g/mol. The van der Waals surface area contributed by atoms with Crippen LogP contribution >= 0.6 is 0 Å². The van der Waals surface area contributed by atoms with Gasteiger partial charge < -0.3 is 10.6 Å². The lowest BCUT2D eigenvalue weighted by molar-refractivity contribution is -0.121. The zero-order valence-corrected chi connectivity index (χ0v) is 11.6. The maximum atomic E-state index is 11.4. The van der Waals surface area contributed by atoms with E-state index in [4.69, 9.17) is 0 Å². The fraction of sp³-hybridized carbons (Fsp3) is 0.533. The van der Waals surface area contributed by atoms with Crippen molar-refractivity contribution in [1.29, 1.82) is 0 Å². The molecule has 1 rings (SSSR count). The Morgan fingerprint density at radius 2 is 1.89 bits per heavy atom. The highest BCUT2D eigenvalue weighted by atomic mass is 16.1. The highest BCUT2D eigenvalue weighted by Gasteiger charge is 2.05. The first-order chi connectivity index (χ1) is 8.63. The molecule has 0 spiro atoms. The van der Waals surface area contributed by atoms with Gasteiger partial charge in [0.05, 0.1) is 0 Å². The van der Waals surface area contributed by atoms with Crippen LogP contribution in [0.4, 0.5) is 0 Å². The molecule has 1 amide bonds. The standard InChI is InChI=1S/C15H24N2O/c1-4-10-17-15(18)9-11-16-13(3)14-7-5-12(2)6-8-14/h5-8,13,16H,4,9-11H2,1-3H3,(H,17,18). The Balaban J connectivity index is 2.26. The molecule has 1 aromatic rings. The van der Waals surface area contributed by atoms with E-state index < -0.39 is 0 Å². The summed E-state index contributed by atoms with van der Waals surface area (Å²) < 4.78 is 0. The van der Waals surface area contributed by atoms with E-state index in [-0.39, 0.29) is 11.9 Å². The lowest BCUT2D eigenvalue weighted by Crippen LogP contribution is -2.29. The van der Waals surface area contributed by atoms with Crippen LogP contribution in [-0.2, 0) is 4.79 Å². The van der Waals surface area contributed by atoms with E-state index in [1.807, 2.05) is 0 Å². The molecule has 0 bridgehead atoms. The Kier molecular flexibility index (Phi) is 6.44. The minimum absolute atomic E-state index is 0.125. The van der Waals surface area contributed by atoms with Crippen LogP contribution in [0, 0.1) is 6.92 Å². The van der Waals surface area contributed by atoms with E-state index in [0.717, 1.165) is 13.0 Å². The van der Waals surface area contributed by atoms with E-state index in [9.17, 15) is 4.79 Å². The van der Waals surface area contributed by atoms with Crippen molar-refractivity contribution in [3.63, 3.8) is 0 Å². The second kappa shape index (κ2) is 7.88. The summed E-state index contributed by atoms with van der Waals surface area (Å²) in [6, 6.07) is 8.77. The summed E-state index contributed by atoms with van der Waals surface area (Å²) in [6.45, 7) is 7.74. The molecule has 1 atom stereocenters. The first-order valence-electron chi connectivity index (χ1n) is 6.70. The molecule has 1 unspecified atom stereocenters. The molecule has 0 fully saturated rings. The van der Waals surface area contributed by atoms with Crippen molar-refractivity contribution >= 4 is 5.91 Å². The Morgan fingerprint density at radius 3 is 2.50 bits per heavy atom. The first-order valence-corrected chi connectivity index (χ1v) is 6.70. The first kappa shape index (κ1) is 14.7. The third-order valence-corrected chi connectivity index (χ3v) is 2.95. The number of amides is 1. The summed E-state index contributed by atoms with van der Waals surface area (Å²) in [4.78, 5) is 11.4. The smallest absolute Gasteiger partial charge is 0.221 e. The molecular formula is C15H24N2O. The Hall–Kier alpha value is -1.35. The SMILES string of the molecule is CCCNC(=O)CCNC(C)c1ccc(C)cc1. The van der Waals surface area contributed by atoms with Crippen LogP contribution in [0.15, 0.2) is 24.3 Å². The predicted octanol–water partition coefficient (Wildman–Crippen LogP) is 2.56. The maximum absolute atomic E-state index is 11.4. The summed E-state index contributed by atoms with van der Waals surface area (Å²) >= 11 is 0. The van der Waals surface area contributed by atoms with Gasteiger partial charge in [-0.25, -0.2) is 0 Å². The summed E-state index contributed by atoms with van der Waals surface area (Å²) in [6.07, 6.45) is 1.52. The second-order valence-corrected chi connectivity index (χ2v) is 4.69. The number of nitrogens with one attached hydrogen (secondary N) is 2. The minimum Gasteiger partial charge on any atom is -0.356 e. The molecular weight excluding hydrogens is 224 g/mol. The summed E-state index contributed by atoms with van der Waals surface area (Å²) in [5.74, 6) is 0.125. The maximum Gasteiger partial charge on any atom is 0.221 e. The number of carbonyl (C=O) groups excluding carboxylic acids is 1. The molecule has 18 heavy (non-hydrogen) atoms. The van der Waals surface area contributed by atoms with Crippen LogP contribution in [0.2, 0.25) is 0 Å². The molecule has 0 saturated heterocycles. The van der Waals surface area contributed by atoms with Gasteiger partial charge in [0.1, 0.15) is 0 Å². The number of hydrogen-bond acceptors (Lipinski definition) is 2. The van der Waals surface area contributed by atoms with Crippen molar-refractivity contribution < 1.29 is 4.79 Å². The molecule has 0 aliphatic heterocycles. The molecule has 100 valence electrons. The van der Waals surface area contributed by atoms with Crippen molar-refractivity contribution in [3.05, 3.63) is 35.4 Å². The summed E-state index contributed by atoms with van der Waals surface area (Å²) in [5, 5.41) is 6.24. The highest BCUT2D eigenvalue weighted by molar-refractivity contribution is 5.75. The van der Waals surface area contributed by atoms with Crippen molar-refractivity contribution in [1.82, 2.24) is 10.6 Å². The Labute approximate surface area is 110 Å². The van der Waals surface area contributed by atoms with Crippen LogP contribution in [0.5, 0.6) is 0 Å². The quantitative estimate of drug-likeness (QED) is 0.778. The van der Waals surface area contributed by atoms with E-state index in [2.05, 4.69) is 55.7 Å². The van der Waals surface area contributed by atoms with E-state index in [0.29, 0.717) is 13.0 Å². The topological polar surface area (TPSA) is 41.1 Å². The minimum atomic E-state index is 0.125. The van der Waals surface area contributed by atoms with E-state index >= 15 is 0 Å². The molecule has 0 aliphatic rings. The van der Waals surface area contributed by atoms with Crippen molar-refractivity contribution in [2.24, 2.45) is 0 Å². The number of rotatable bonds is 7. The fourth-order valence-electron chi connectivity index (χ4n) is 1.73. The van der Waals surface area contributed by atoms with Crippen LogP contribution in [0.1, 0.15) is 43.9 Å². The molecule has 2 N–H and O–H groups in total. The van der Waals surface area contributed by atoms with Gasteiger partial charge in [-0.15, -0.1) is 0 Å². The highest BCUT2D eigenvalue weighted by Crippen LogP contribution is 2.12. The number of carbonyl (C=O) groups is 1. The Bertz CT molecular complexity index is 359. The zero-order chi connectivity index (χ0) is 13.4. The molecule has 0 saturated carbocycles. The summed E-state index contributed by atoms with van der Waals surface area (Å²) in [5.41, 5.74) is 2.53. The van der Waals surface area contributed by atoms with E-state index in [1.54, 1.807) is 0 Å². The predicted molar refractivity (Wildman–Crippen MR) is 75.5 cm³/mol. The largest absolute Gasteiger partial charge is 0.356 e. The van der Waals surface area contributed by atoms with Gasteiger partial charge in [-0.2, -0.15) is 0 Å². The fourth-order valence-corrected chi connectivity index (χ4v) is 1.73. The third-order valence-electron chi connectivity index (χ3n) is 2.95. The molecule has 1 aromatic carbocycles. The van der Waals surface area contributed by atoms with Crippen LogP contribution < -0.4 is 10.6 Å². The van der Waals surface area contributed by atoms with Crippen LogP contribution in [0.25, 0.3) is 0 Å². The monoisotopic (exact) mass is 248 g/mol. The summed E-state index contributed by atoms with van der Waals surface area (Å²) in [7, 11) is 0. The normalized spacial score (nSPS) is 12.2. The van der Waals surface area contributed by atoms with Gasteiger partial charge in [0.25, 0.3) is 0 Å². The van der Waals surface area contributed by atoms with Gasteiger partial charge in [-0.1, -0.05) is 36.8 Å². The van der Waals surface area contributed by atoms with Crippen LogP contribution in [-0.4, -0.2) is 19.0 Å². The molecule has 3 heteroatoms. The van der Waals surface area contributed by atoms with Crippen LogP contribution in [0.3, 0.4) is 0 Å². The van der Waals surface area contributed by atoms with Crippen molar-refractivity contribution in [2.45, 2.75) is 39.7 Å². The second-order valence-electron chi connectivity index (χ2n) is 4.69. The van der Waals surface area contributed by atoms with Gasteiger partial charge in [0, 0.05) is 25.6 Å². The lowest BCUT2D eigenvalue weighted by Gasteiger charge is -2.14. The molecule has 0 aliphatic carbocycles. The number of hydrogen-bond donors (Lipinski definition) is 2. The number of benzene rings is 1. The van der Waals surface area contributed by atoms with Crippen molar-refractivity contribution in [3.8, 4) is 0 Å². The molecule has 0 aromatic heterocycles. The van der Waals surface area contributed by atoms with Gasteiger partial charge in [-0.3, -0.25) is 4.79 Å². The van der Waals surface area contributed by atoms with Crippen molar-refractivity contribution in [2.75, 3.05) is 13.1 Å². The molecule has 0 heterocycles. The molecule has 3 nitrogen and oxygen atoms in total. The van der Waals surface area contributed by atoms with Gasteiger partial charge in [0.2, 0.25) is 5.91 Å². The average Bonchev–Trinajstić information content (AvgIpc) is 2.37. The van der Waals surface area contributed by atoms with E-state index in [1.165, 1.54) is 11.1 Å². The Morgan fingerprint density at radius 1 is 1.22 bits per heavy atom. The lowest BCUT2D eigenvalue weighted by atomic mass is 10.1. The zero-order valence-electron chi connectivity index (χ0n) is 11.6. The van der Waals surface area contributed by atoms with Gasteiger partial charge in [0.15, 0.2) is 0 Å². The third kappa shape index (κ3) is 5.32. The van der Waals surface area contributed by atoms with Gasteiger partial charge >= 0.3 is 0 Å². The molecule has 0 radical (unpaired) electrons.